The summed E-state index contributed by atoms with van der Waals surface area (Å²) in [7, 11) is 0. The van der Waals surface area contributed by atoms with Gasteiger partial charge in [-0.25, -0.2) is 0 Å². The average molecular weight is 322 g/mol. The number of nitrogens with zero attached hydrogens (tertiary/aromatic N) is 3. The zero-order valence-electron chi connectivity index (χ0n) is 9.42. The van der Waals surface area contributed by atoms with Crippen molar-refractivity contribution in [3.8, 4) is 22.2 Å². The normalized spacial score (nSPS) is 10.8. The summed E-state index contributed by atoms with van der Waals surface area (Å²) in [6.45, 7) is 2.05. The van der Waals surface area contributed by atoms with E-state index < -0.39 is 0 Å². The Kier molecular flexibility index (Phi) is 2.97. The van der Waals surface area contributed by atoms with Crippen molar-refractivity contribution in [3.63, 3.8) is 0 Å². The summed E-state index contributed by atoms with van der Waals surface area (Å²) in [6.07, 6.45) is 3.42. The second-order valence-electron chi connectivity index (χ2n) is 3.73. The van der Waals surface area contributed by atoms with Crippen LogP contribution in [0, 0.1) is 6.92 Å². The van der Waals surface area contributed by atoms with Gasteiger partial charge in [0.05, 0.1) is 4.88 Å². The fourth-order valence-corrected chi connectivity index (χ4v) is 2.68. The van der Waals surface area contributed by atoms with Crippen LogP contribution in [-0.4, -0.2) is 15.1 Å². The van der Waals surface area contributed by atoms with Crippen LogP contribution in [0.2, 0.25) is 0 Å². The minimum absolute atomic E-state index is 0.545. The number of aryl methyl sites for hydroxylation is 1. The number of hydrogen-bond acceptors (Lipinski definition) is 5. The van der Waals surface area contributed by atoms with Crippen molar-refractivity contribution in [1.82, 2.24) is 15.1 Å². The second kappa shape index (κ2) is 4.62. The molecule has 0 unspecified atom stereocenters. The highest BCUT2D eigenvalue weighted by molar-refractivity contribution is 9.10. The van der Waals surface area contributed by atoms with E-state index in [0.29, 0.717) is 11.7 Å². The zero-order chi connectivity index (χ0) is 12.5. The third-order valence-electron chi connectivity index (χ3n) is 2.34. The molecule has 0 aromatic carbocycles. The van der Waals surface area contributed by atoms with Crippen molar-refractivity contribution in [2.75, 3.05) is 0 Å². The van der Waals surface area contributed by atoms with E-state index in [1.54, 1.807) is 23.7 Å². The third-order valence-corrected chi connectivity index (χ3v) is 3.76. The maximum atomic E-state index is 5.26. The van der Waals surface area contributed by atoms with E-state index in [2.05, 4.69) is 31.1 Å². The Hall–Kier alpha value is -1.53. The molecule has 0 bridgehead atoms. The molecule has 6 heteroatoms. The Balaban J connectivity index is 1.99. The van der Waals surface area contributed by atoms with E-state index in [9.17, 15) is 0 Å². The molecule has 3 aromatic heterocycles. The van der Waals surface area contributed by atoms with Gasteiger partial charge in [-0.2, -0.15) is 4.98 Å². The Morgan fingerprint density at radius 3 is 2.89 bits per heavy atom. The Morgan fingerprint density at radius 2 is 2.17 bits per heavy atom. The van der Waals surface area contributed by atoms with E-state index in [-0.39, 0.29) is 0 Å². The summed E-state index contributed by atoms with van der Waals surface area (Å²) in [6, 6.07) is 5.92. The number of hydrogen-bond donors (Lipinski definition) is 0. The highest BCUT2D eigenvalue weighted by Crippen LogP contribution is 2.28. The standard InChI is InChI=1S/C12H8BrN3OS/c1-7-2-3-10(18-7)12-15-11(16-17-12)8-4-9(13)6-14-5-8/h2-6H,1H3. The first kappa shape index (κ1) is 11.6. The molecule has 3 heterocycles. The lowest BCUT2D eigenvalue weighted by Gasteiger charge is -1.93. The predicted molar refractivity (Wildman–Crippen MR) is 73.3 cm³/mol. The quantitative estimate of drug-likeness (QED) is 0.717. The minimum Gasteiger partial charge on any atom is -0.333 e. The fraction of sp³-hybridized carbons (Fsp3) is 0.0833. The van der Waals surface area contributed by atoms with Crippen LogP contribution in [0.5, 0.6) is 0 Å². The van der Waals surface area contributed by atoms with Crippen LogP contribution in [-0.2, 0) is 0 Å². The molecule has 4 nitrogen and oxygen atoms in total. The van der Waals surface area contributed by atoms with Gasteiger partial charge in [-0.1, -0.05) is 5.16 Å². The van der Waals surface area contributed by atoms with Crippen LogP contribution in [0.4, 0.5) is 0 Å². The lowest BCUT2D eigenvalue weighted by molar-refractivity contribution is 0.433. The van der Waals surface area contributed by atoms with Crippen LogP contribution in [0.15, 0.2) is 39.6 Å². The number of aromatic nitrogens is 3. The van der Waals surface area contributed by atoms with Crippen LogP contribution < -0.4 is 0 Å². The van der Waals surface area contributed by atoms with Crippen molar-refractivity contribution < 1.29 is 4.52 Å². The fourth-order valence-electron chi connectivity index (χ4n) is 1.52. The molecule has 0 spiro atoms. The molecular formula is C12H8BrN3OS. The zero-order valence-corrected chi connectivity index (χ0v) is 11.8. The van der Waals surface area contributed by atoms with Crippen LogP contribution in [0.3, 0.4) is 0 Å². The van der Waals surface area contributed by atoms with Gasteiger partial charge >= 0.3 is 0 Å². The summed E-state index contributed by atoms with van der Waals surface area (Å²) < 4.78 is 6.15. The minimum atomic E-state index is 0.545. The Morgan fingerprint density at radius 1 is 1.28 bits per heavy atom. The molecule has 0 radical (unpaired) electrons. The van der Waals surface area contributed by atoms with Crippen molar-refractivity contribution in [2.24, 2.45) is 0 Å². The van der Waals surface area contributed by atoms with Crippen LogP contribution in [0.1, 0.15) is 4.88 Å². The summed E-state index contributed by atoms with van der Waals surface area (Å²) in [5.41, 5.74) is 0.827. The number of thiophene rings is 1. The predicted octanol–water partition coefficient (Wildman–Crippen LogP) is 3.93. The van der Waals surface area contributed by atoms with E-state index in [1.807, 2.05) is 25.1 Å². The topological polar surface area (TPSA) is 51.8 Å². The molecule has 0 aliphatic heterocycles. The van der Waals surface area contributed by atoms with Crippen molar-refractivity contribution in [2.45, 2.75) is 6.92 Å². The van der Waals surface area contributed by atoms with E-state index >= 15 is 0 Å². The van der Waals surface area contributed by atoms with Gasteiger partial charge in [0, 0.05) is 27.3 Å². The lowest BCUT2D eigenvalue weighted by Crippen LogP contribution is -1.82. The Bertz CT molecular complexity index is 692. The molecule has 0 saturated carbocycles. The Labute approximate surface area is 116 Å². The van der Waals surface area contributed by atoms with Gasteiger partial charge < -0.3 is 4.52 Å². The van der Waals surface area contributed by atoms with Gasteiger partial charge in [0.2, 0.25) is 5.82 Å². The molecule has 18 heavy (non-hydrogen) atoms. The molecule has 3 rings (SSSR count). The maximum Gasteiger partial charge on any atom is 0.268 e. The second-order valence-corrected chi connectivity index (χ2v) is 5.93. The molecule has 0 N–H and O–H groups in total. The number of rotatable bonds is 2. The van der Waals surface area contributed by atoms with E-state index in [4.69, 9.17) is 4.52 Å². The molecule has 0 amide bonds. The van der Waals surface area contributed by atoms with E-state index in [1.165, 1.54) is 4.88 Å². The van der Waals surface area contributed by atoms with Gasteiger partial charge in [0.1, 0.15) is 0 Å². The summed E-state index contributed by atoms with van der Waals surface area (Å²) in [4.78, 5) is 10.7. The molecule has 0 aliphatic carbocycles. The van der Waals surface area contributed by atoms with Crippen molar-refractivity contribution in [3.05, 3.63) is 39.9 Å². The number of pyridine rings is 1. The summed E-state index contributed by atoms with van der Waals surface area (Å²) in [5.74, 6) is 1.09. The first-order valence-electron chi connectivity index (χ1n) is 5.24. The van der Waals surface area contributed by atoms with Crippen LogP contribution >= 0.6 is 27.3 Å². The molecule has 0 aliphatic rings. The smallest absolute Gasteiger partial charge is 0.268 e. The summed E-state index contributed by atoms with van der Waals surface area (Å²) >= 11 is 5.00. The van der Waals surface area contributed by atoms with Gasteiger partial charge in [-0.15, -0.1) is 11.3 Å². The average Bonchev–Trinajstić information content (AvgIpc) is 2.97. The molecule has 90 valence electrons. The van der Waals surface area contributed by atoms with Gasteiger partial charge in [-0.3, -0.25) is 4.98 Å². The monoisotopic (exact) mass is 321 g/mol. The molecule has 0 saturated heterocycles. The SMILES string of the molecule is Cc1ccc(-c2nc(-c3cncc(Br)c3)no2)s1. The third kappa shape index (κ3) is 2.21. The number of halogens is 1. The van der Waals surface area contributed by atoms with Crippen molar-refractivity contribution in [1.29, 1.82) is 0 Å². The van der Waals surface area contributed by atoms with Gasteiger partial charge in [0.25, 0.3) is 5.89 Å². The largest absolute Gasteiger partial charge is 0.333 e. The molecule has 0 fully saturated rings. The lowest BCUT2D eigenvalue weighted by atomic mass is 10.3. The van der Waals surface area contributed by atoms with Crippen LogP contribution in [0.25, 0.3) is 22.2 Å². The molecule has 0 atom stereocenters. The first-order chi connectivity index (χ1) is 8.72. The van der Waals surface area contributed by atoms with Crippen molar-refractivity contribution >= 4 is 27.3 Å². The maximum absolute atomic E-state index is 5.26. The first-order valence-corrected chi connectivity index (χ1v) is 6.85. The van der Waals surface area contributed by atoms with Gasteiger partial charge in [-0.05, 0) is 41.1 Å². The molecular weight excluding hydrogens is 314 g/mol. The van der Waals surface area contributed by atoms with Gasteiger partial charge in [0.15, 0.2) is 0 Å². The van der Waals surface area contributed by atoms with E-state index in [0.717, 1.165) is 14.9 Å². The molecule has 3 aromatic rings. The summed E-state index contributed by atoms with van der Waals surface area (Å²) in [5, 5.41) is 3.97. The highest BCUT2D eigenvalue weighted by Gasteiger charge is 2.12. The highest BCUT2D eigenvalue weighted by atomic mass is 79.9.